The van der Waals surface area contributed by atoms with Crippen LogP contribution in [0.25, 0.3) is 0 Å². The topological polar surface area (TPSA) is 116 Å². The van der Waals surface area contributed by atoms with E-state index in [1.54, 1.807) is 13.8 Å². The molecule has 8 heteroatoms. The van der Waals surface area contributed by atoms with E-state index in [0.717, 1.165) is 4.90 Å². The Morgan fingerprint density at radius 1 is 1.48 bits per heavy atom. The molecule has 0 bridgehead atoms. The number of amides is 4. The van der Waals surface area contributed by atoms with Gasteiger partial charge >= 0.3 is 12.0 Å². The normalized spacial score (nSPS) is 18.1. The molecule has 21 heavy (non-hydrogen) atoms. The van der Waals surface area contributed by atoms with Gasteiger partial charge in [-0.25, -0.2) is 9.59 Å². The number of hydrogen-bond acceptors (Lipinski definition) is 4. The first kappa shape index (κ1) is 16.7. The SMILES string of the molecule is C=CCC(NC(=O)CCN1C(=O)NC(C)(C)C1=O)C(=O)O. The monoisotopic (exact) mass is 297 g/mol. The molecule has 1 atom stereocenters. The van der Waals surface area contributed by atoms with E-state index in [1.165, 1.54) is 6.08 Å². The van der Waals surface area contributed by atoms with Gasteiger partial charge < -0.3 is 15.7 Å². The molecule has 0 aromatic rings. The van der Waals surface area contributed by atoms with Gasteiger partial charge in [0.05, 0.1) is 0 Å². The standard InChI is InChI=1S/C13H19N3O5/c1-4-5-8(10(18)19)14-9(17)6-7-16-11(20)13(2,3)15-12(16)21/h4,8H,1,5-7H2,2-3H3,(H,14,17)(H,15,21)(H,18,19). The maximum atomic E-state index is 11.9. The Labute approximate surface area is 122 Å². The Morgan fingerprint density at radius 2 is 2.10 bits per heavy atom. The van der Waals surface area contributed by atoms with Crippen LogP contribution in [0.4, 0.5) is 4.79 Å². The van der Waals surface area contributed by atoms with Crippen LogP contribution in [0.5, 0.6) is 0 Å². The van der Waals surface area contributed by atoms with Crippen LogP contribution < -0.4 is 10.6 Å². The van der Waals surface area contributed by atoms with Crippen LogP contribution in [-0.2, 0) is 14.4 Å². The molecule has 1 saturated heterocycles. The number of nitrogens with zero attached hydrogens (tertiary/aromatic N) is 1. The van der Waals surface area contributed by atoms with Gasteiger partial charge in [0.15, 0.2) is 0 Å². The first-order chi connectivity index (χ1) is 9.69. The Kier molecular flexibility index (Phi) is 5.07. The number of urea groups is 1. The van der Waals surface area contributed by atoms with Crippen molar-refractivity contribution < 1.29 is 24.3 Å². The molecule has 1 heterocycles. The molecule has 1 aliphatic heterocycles. The average Bonchev–Trinajstić information content (AvgIpc) is 2.56. The number of carboxylic acids is 1. The highest BCUT2D eigenvalue weighted by Crippen LogP contribution is 2.16. The van der Waals surface area contributed by atoms with E-state index >= 15 is 0 Å². The lowest BCUT2D eigenvalue weighted by Gasteiger charge is -2.17. The van der Waals surface area contributed by atoms with Gasteiger partial charge in [-0.15, -0.1) is 6.58 Å². The summed E-state index contributed by atoms with van der Waals surface area (Å²) in [4.78, 5) is 47.0. The summed E-state index contributed by atoms with van der Waals surface area (Å²) < 4.78 is 0. The number of carbonyl (C=O) groups is 4. The molecular weight excluding hydrogens is 278 g/mol. The zero-order chi connectivity index (χ0) is 16.2. The third kappa shape index (κ3) is 4.04. The molecule has 0 aromatic heterocycles. The molecular formula is C13H19N3O5. The summed E-state index contributed by atoms with van der Waals surface area (Å²) in [6.07, 6.45) is 1.33. The van der Waals surface area contributed by atoms with Crippen LogP contribution in [-0.4, -0.2) is 51.9 Å². The molecule has 0 aliphatic carbocycles. The zero-order valence-corrected chi connectivity index (χ0v) is 12.0. The van der Waals surface area contributed by atoms with E-state index in [9.17, 15) is 19.2 Å². The number of hydrogen-bond donors (Lipinski definition) is 3. The zero-order valence-electron chi connectivity index (χ0n) is 12.0. The summed E-state index contributed by atoms with van der Waals surface area (Å²) in [5.41, 5.74) is -0.986. The summed E-state index contributed by atoms with van der Waals surface area (Å²) in [5, 5.41) is 13.7. The van der Waals surface area contributed by atoms with Crippen molar-refractivity contribution in [3.8, 4) is 0 Å². The van der Waals surface area contributed by atoms with Crippen LogP contribution in [0.15, 0.2) is 12.7 Å². The predicted octanol–water partition coefficient (Wildman–Crippen LogP) is -0.148. The number of aliphatic carboxylic acids is 1. The van der Waals surface area contributed by atoms with Crippen molar-refractivity contribution in [3.63, 3.8) is 0 Å². The van der Waals surface area contributed by atoms with Crippen molar-refractivity contribution >= 4 is 23.8 Å². The quantitative estimate of drug-likeness (QED) is 0.446. The van der Waals surface area contributed by atoms with Gasteiger partial charge in [-0.3, -0.25) is 14.5 Å². The van der Waals surface area contributed by atoms with Crippen LogP contribution in [0.3, 0.4) is 0 Å². The van der Waals surface area contributed by atoms with Gasteiger partial charge in [0.2, 0.25) is 5.91 Å². The minimum atomic E-state index is -1.17. The van der Waals surface area contributed by atoms with E-state index in [0.29, 0.717) is 0 Å². The van der Waals surface area contributed by atoms with E-state index in [2.05, 4.69) is 17.2 Å². The van der Waals surface area contributed by atoms with Crippen LogP contribution >= 0.6 is 0 Å². The molecule has 0 aromatic carbocycles. The number of imide groups is 1. The van der Waals surface area contributed by atoms with E-state index in [-0.39, 0.29) is 19.4 Å². The molecule has 116 valence electrons. The Morgan fingerprint density at radius 3 is 2.52 bits per heavy atom. The third-order valence-corrected chi connectivity index (χ3v) is 3.04. The first-order valence-electron chi connectivity index (χ1n) is 6.46. The highest BCUT2D eigenvalue weighted by atomic mass is 16.4. The summed E-state index contributed by atoms with van der Waals surface area (Å²) in [6, 6.07) is -1.62. The lowest BCUT2D eigenvalue weighted by molar-refractivity contribution is -0.142. The van der Waals surface area contributed by atoms with Crippen LogP contribution in [0.1, 0.15) is 26.7 Å². The smallest absolute Gasteiger partial charge is 0.326 e. The second-order valence-corrected chi connectivity index (χ2v) is 5.24. The Hall–Kier alpha value is -2.38. The van der Waals surface area contributed by atoms with Gasteiger partial charge in [-0.05, 0) is 20.3 Å². The van der Waals surface area contributed by atoms with Crippen molar-refractivity contribution in [3.05, 3.63) is 12.7 Å². The number of carboxylic acid groups (broad SMARTS) is 1. The molecule has 8 nitrogen and oxygen atoms in total. The van der Waals surface area contributed by atoms with E-state index in [1.807, 2.05) is 0 Å². The molecule has 1 unspecified atom stereocenters. The fraction of sp³-hybridized carbons (Fsp3) is 0.538. The van der Waals surface area contributed by atoms with Crippen molar-refractivity contribution in [2.24, 2.45) is 0 Å². The molecule has 1 aliphatic rings. The van der Waals surface area contributed by atoms with Gasteiger partial charge in [0.25, 0.3) is 5.91 Å². The molecule has 0 radical (unpaired) electrons. The molecule has 1 rings (SSSR count). The minimum Gasteiger partial charge on any atom is -0.480 e. The predicted molar refractivity (Wildman–Crippen MR) is 73.3 cm³/mol. The Bertz CT molecular complexity index is 486. The molecule has 0 saturated carbocycles. The van der Waals surface area contributed by atoms with E-state index in [4.69, 9.17) is 5.11 Å². The lowest BCUT2D eigenvalue weighted by Crippen LogP contribution is -2.43. The molecule has 4 amide bonds. The van der Waals surface area contributed by atoms with Crippen LogP contribution in [0.2, 0.25) is 0 Å². The summed E-state index contributed by atoms with van der Waals surface area (Å²) in [5.74, 6) is -2.13. The summed E-state index contributed by atoms with van der Waals surface area (Å²) in [7, 11) is 0. The van der Waals surface area contributed by atoms with Gasteiger partial charge in [-0.2, -0.15) is 0 Å². The summed E-state index contributed by atoms with van der Waals surface area (Å²) in [6.45, 7) is 6.45. The summed E-state index contributed by atoms with van der Waals surface area (Å²) >= 11 is 0. The fourth-order valence-corrected chi connectivity index (χ4v) is 1.89. The van der Waals surface area contributed by atoms with Crippen molar-refractivity contribution in [1.29, 1.82) is 0 Å². The van der Waals surface area contributed by atoms with E-state index < -0.39 is 35.4 Å². The maximum absolute atomic E-state index is 11.9. The van der Waals surface area contributed by atoms with Gasteiger partial charge in [0.1, 0.15) is 11.6 Å². The average molecular weight is 297 g/mol. The maximum Gasteiger partial charge on any atom is 0.326 e. The second-order valence-electron chi connectivity index (χ2n) is 5.24. The van der Waals surface area contributed by atoms with Gasteiger partial charge in [0, 0.05) is 13.0 Å². The number of carbonyl (C=O) groups excluding carboxylic acids is 3. The van der Waals surface area contributed by atoms with Crippen LogP contribution in [0, 0.1) is 0 Å². The van der Waals surface area contributed by atoms with Crippen molar-refractivity contribution in [2.75, 3.05) is 6.54 Å². The fourth-order valence-electron chi connectivity index (χ4n) is 1.89. The molecule has 1 fully saturated rings. The number of rotatable bonds is 7. The largest absolute Gasteiger partial charge is 0.480 e. The minimum absolute atomic E-state index is 0.0945. The molecule has 0 spiro atoms. The first-order valence-corrected chi connectivity index (χ1v) is 6.46. The second kappa shape index (κ2) is 6.38. The third-order valence-electron chi connectivity index (χ3n) is 3.04. The van der Waals surface area contributed by atoms with Crippen molar-refractivity contribution in [1.82, 2.24) is 15.5 Å². The molecule has 3 N–H and O–H groups in total. The highest BCUT2D eigenvalue weighted by molar-refractivity contribution is 6.06. The lowest BCUT2D eigenvalue weighted by atomic mass is 10.1. The van der Waals surface area contributed by atoms with Crippen molar-refractivity contribution in [2.45, 2.75) is 38.3 Å². The number of nitrogens with one attached hydrogen (secondary N) is 2. The Balaban J connectivity index is 2.53. The van der Waals surface area contributed by atoms with Gasteiger partial charge in [-0.1, -0.05) is 6.08 Å². The highest BCUT2D eigenvalue weighted by Gasteiger charge is 2.44.